The quantitative estimate of drug-likeness (QED) is 0.629. The highest BCUT2D eigenvalue weighted by molar-refractivity contribution is 5.89. The summed E-state index contributed by atoms with van der Waals surface area (Å²) in [4.78, 5) is 32.5. The number of ether oxygens (including phenoxy) is 1. The molecule has 1 aromatic rings. The van der Waals surface area contributed by atoms with Crippen LogP contribution < -0.4 is 10.1 Å². The number of rotatable bonds is 5. The van der Waals surface area contributed by atoms with E-state index in [9.17, 15) is 19.7 Å². The summed E-state index contributed by atoms with van der Waals surface area (Å²) in [5, 5.41) is 22.3. The van der Waals surface area contributed by atoms with Crippen LogP contribution in [0.1, 0.15) is 31.1 Å². The zero-order valence-corrected chi connectivity index (χ0v) is 11.9. The minimum Gasteiger partial charge on any atom is -0.478 e. The molecule has 0 fully saturated rings. The van der Waals surface area contributed by atoms with Crippen molar-refractivity contribution in [2.45, 2.75) is 26.3 Å². The van der Waals surface area contributed by atoms with Crippen molar-refractivity contribution < 1.29 is 24.4 Å². The number of carbonyl (C=O) groups is 2. The lowest BCUT2D eigenvalue weighted by atomic mass is 10.1. The number of amides is 1. The van der Waals surface area contributed by atoms with Gasteiger partial charge in [-0.05, 0) is 32.9 Å². The van der Waals surface area contributed by atoms with Crippen LogP contribution in [0.25, 0.3) is 0 Å². The van der Waals surface area contributed by atoms with Gasteiger partial charge in [-0.15, -0.1) is 0 Å². The first kappa shape index (κ1) is 16.4. The molecule has 0 saturated heterocycles. The number of carboxylic acid groups (broad SMARTS) is 1. The molecule has 0 atom stereocenters. The number of nitrogens with zero attached hydrogens (tertiary/aromatic N) is 1. The molecule has 21 heavy (non-hydrogen) atoms. The SMILES string of the molecule is CC(C)(C)NC(=O)COc1ccc(C(=O)O)cc1[N+](=O)[O-]. The van der Waals surface area contributed by atoms with Gasteiger partial charge in [0.2, 0.25) is 0 Å². The van der Waals surface area contributed by atoms with Gasteiger partial charge in [-0.2, -0.15) is 0 Å². The fourth-order valence-corrected chi connectivity index (χ4v) is 1.51. The van der Waals surface area contributed by atoms with Crippen LogP contribution in [0.3, 0.4) is 0 Å². The molecule has 114 valence electrons. The summed E-state index contributed by atoms with van der Waals surface area (Å²) in [7, 11) is 0. The third-order valence-electron chi connectivity index (χ3n) is 2.28. The summed E-state index contributed by atoms with van der Waals surface area (Å²) < 4.78 is 5.09. The molecular weight excluding hydrogens is 280 g/mol. The van der Waals surface area contributed by atoms with Crippen LogP contribution in [-0.2, 0) is 4.79 Å². The summed E-state index contributed by atoms with van der Waals surface area (Å²) >= 11 is 0. The van der Waals surface area contributed by atoms with Crippen LogP contribution in [0.4, 0.5) is 5.69 Å². The fraction of sp³-hybridized carbons (Fsp3) is 0.385. The van der Waals surface area contributed by atoms with Gasteiger partial charge in [0, 0.05) is 11.6 Å². The van der Waals surface area contributed by atoms with Crippen molar-refractivity contribution in [2.75, 3.05) is 6.61 Å². The van der Waals surface area contributed by atoms with Gasteiger partial charge in [-0.25, -0.2) is 4.79 Å². The smallest absolute Gasteiger partial charge is 0.335 e. The Labute approximate surface area is 120 Å². The summed E-state index contributed by atoms with van der Waals surface area (Å²) in [6, 6.07) is 3.22. The number of carbonyl (C=O) groups excluding carboxylic acids is 1. The van der Waals surface area contributed by atoms with Gasteiger partial charge in [0.15, 0.2) is 12.4 Å². The zero-order valence-electron chi connectivity index (χ0n) is 11.9. The van der Waals surface area contributed by atoms with Gasteiger partial charge in [0.05, 0.1) is 10.5 Å². The number of benzene rings is 1. The molecule has 0 heterocycles. The number of aromatic carboxylic acids is 1. The number of hydrogen-bond donors (Lipinski definition) is 2. The van der Waals surface area contributed by atoms with Gasteiger partial charge in [0.25, 0.3) is 5.91 Å². The van der Waals surface area contributed by atoms with E-state index >= 15 is 0 Å². The monoisotopic (exact) mass is 296 g/mol. The molecule has 0 unspecified atom stereocenters. The van der Waals surface area contributed by atoms with Crippen molar-refractivity contribution in [2.24, 2.45) is 0 Å². The Morgan fingerprint density at radius 2 is 2.00 bits per heavy atom. The second-order valence-electron chi connectivity index (χ2n) is 5.33. The Kier molecular flexibility index (Phi) is 4.85. The second kappa shape index (κ2) is 6.21. The maximum Gasteiger partial charge on any atom is 0.335 e. The van der Waals surface area contributed by atoms with E-state index < -0.39 is 34.6 Å². The Bertz CT molecular complexity index is 577. The number of nitro groups is 1. The van der Waals surface area contributed by atoms with Crippen LogP contribution in [0.2, 0.25) is 0 Å². The van der Waals surface area contributed by atoms with Crippen LogP contribution in [0.15, 0.2) is 18.2 Å². The van der Waals surface area contributed by atoms with E-state index in [0.29, 0.717) is 0 Å². The molecule has 0 saturated carbocycles. The van der Waals surface area contributed by atoms with Crippen molar-refractivity contribution in [3.8, 4) is 5.75 Å². The first-order valence-electron chi connectivity index (χ1n) is 6.05. The highest BCUT2D eigenvalue weighted by atomic mass is 16.6. The second-order valence-corrected chi connectivity index (χ2v) is 5.33. The zero-order chi connectivity index (χ0) is 16.2. The van der Waals surface area contributed by atoms with Gasteiger partial charge in [-0.3, -0.25) is 14.9 Å². The topological polar surface area (TPSA) is 119 Å². The van der Waals surface area contributed by atoms with Crippen LogP contribution in [-0.4, -0.2) is 34.1 Å². The maximum atomic E-state index is 11.6. The van der Waals surface area contributed by atoms with Crippen LogP contribution >= 0.6 is 0 Å². The van der Waals surface area contributed by atoms with E-state index in [4.69, 9.17) is 9.84 Å². The lowest BCUT2D eigenvalue weighted by Gasteiger charge is -2.20. The van der Waals surface area contributed by atoms with Gasteiger partial charge < -0.3 is 15.2 Å². The van der Waals surface area contributed by atoms with E-state index in [1.165, 1.54) is 6.07 Å². The minimum atomic E-state index is -1.28. The number of nitro benzene ring substituents is 1. The molecule has 1 rings (SSSR count). The number of nitrogens with one attached hydrogen (secondary N) is 1. The molecule has 8 heteroatoms. The number of carboxylic acids is 1. The molecule has 1 aromatic carbocycles. The van der Waals surface area contributed by atoms with Crippen molar-refractivity contribution >= 4 is 17.6 Å². The normalized spacial score (nSPS) is 10.8. The van der Waals surface area contributed by atoms with E-state index in [-0.39, 0.29) is 11.3 Å². The van der Waals surface area contributed by atoms with Crippen LogP contribution in [0.5, 0.6) is 5.75 Å². The molecule has 0 radical (unpaired) electrons. The summed E-state index contributed by atoms with van der Waals surface area (Å²) in [6.45, 7) is 4.96. The Hall–Kier alpha value is -2.64. The van der Waals surface area contributed by atoms with Crippen molar-refractivity contribution in [1.29, 1.82) is 0 Å². The minimum absolute atomic E-state index is 0.158. The molecule has 0 aliphatic heterocycles. The molecule has 0 aliphatic carbocycles. The Balaban J connectivity index is 2.86. The predicted molar refractivity (Wildman–Crippen MR) is 73.4 cm³/mol. The predicted octanol–water partition coefficient (Wildman–Crippen LogP) is 1.59. The summed E-state index contributed by atoms with van der Waals surface area (Å²) in [5.74, 6) is -1.87. The highest BCUT2D eigenvalue weighted by Crippen LogP contribution is 2.27. The molecule has 0 aliphatic rings. The molecule has 2 N–H and O–H groups in total. The average molecular weight is 296 g/mol. The first-order chi connectivity index (χ1) is 9.60. The highest BCUT2D eigenvalue weighted by Gasteiger charge is 2.20. The third-order valence-corrected chi connectivity index (χ3v) is 2.28. The fourth-order valence-electron chi connectivity index (χ4n) is 1.51. The lowest BCUT2D eigenvalue weighted by Crippen LogP contribution is -2.43. The Morgan fingerprint density at radius 1 is 1.38 bits per heavy atom. The first-order valence-corrected chi connectivity index (χ1v) is 6.05. The molecule has 8 nitrogen and oxygen atoms in total. The van der Waals surface area contributed by atoms with E-state index in [1.54, 1.807) is 20.8 Å². The van der Waals surface area contributed by atoms with Gasteiger partial charge >= 0.3 is 11.7 Å². The molecule has 0 aromatic heterocycles. The van der Waals surface area contributed by atoms with Crippen molar-refractivity contribution in [1.82, 2.24) is 5.32 Å². The van der Waals surface area contributed by atoms with Gasteiger partial charge in [0.1, 0.15) is 0 Å². The van der Waals surface area contributed by atoms with E-state index in [0.717, 1.165) is 12.1 Å². The molecule has 0 spiro atoms. The summed E-state index contributed by atoms with van der Waals surface area (Å²) in [5.41, 5.74) is -1.17. The third kappa shape index (κ3) is 5.09. The van der Waals surface area contributed by atoms with Gasteiger partial charge in [-0.1, -0.05) is 0 Å². The van der Waals surface area contributed by atoms with E-state index in [2.05, 4.69) is 5.32 Å². The molecule has 1 amide bonds. The summed E-state index contributed by atoms with van der Waals surface area (Å²) in [6.07, 6.45) is 0. The van der Waals surface area contributed by atoms with Crippen LogP contribution in [0, 0.1) is 10.1 Å². The Morgan fingerprint density at radius 3 is 2.48 bits per heavy atom. The number of hydrogen-bond acceptors (Lipinski definition) is 5. The maximum absolute atomic E-state index is 11.6. The molecule has 0 bridgehead atoms. The standard InChI is InChI=1S/C13H16N2O6/c1-13(2,3)14-11(16)7-21-10-5-4-8(12(17)18)6-9(10)15(19)20/h4-6H,7H2,1-3H3,(H,14,16)(H,17,18). The average Bonchev–Trinajstić information content (AvgIpc) is 2.33. The lowest BCUT2D eigenvalue weighted by molar-refractivity contribution is -0.385. The van der Waals surface area contributed by atoms with E-state index in [1.807, 2.05) is 0 Å². The molecular formula is C13H16N2O6. The van der Waals surface area contributed by atoms with Crippen molar-refractivity contribution in [3.05, 3.63) is 33.9 Å². The largest absolute Gasteiger partial charge is 0.478 e. The van der Waals surface area contributed by atoms with Crippen molar-refractivity contribution in [3.63, 3.8) is 0 Å².